The molecule has 2 aromatic rings. The minimum Gasteiger partial charge on any atom is -0.494 e. The minimum absolute atomic E-state index is 0.0288. The highest BCUT2D eigenvalue weighted by atomic mass is 16.5. The van der Waals surface area contributed by atoms with E-state index in [-0.39, 0.29) is 12.4 Å². The largest absolute Gasteiger partial charge is 0.494 e. The van der Waals surface area contributed by atoms with Crippen molar-refractivity contribution in [2.45, 2.75) is 13.8 Å². The Morgan fingerprint density at radius 3 is 2.00 bits per heavy atom. The van der Waals surface area contributed by atoms with Gasteiger partial charge in [0, 0.05) is 5.56 Å². The molecule has 0 bridgehead atoms. The average molecular weight is 270 g/mol. The van der Waals surface area contributed by atoms with Gasteiger partial charge >= 0.3 is 0 Å². The molecule has 0 radical (unpaired) electrons. The quantitative estimate of drug-likeness (QED) is 0.751. The predicted molar refractivity (Wildman–Crippen MR) is 78.6 cm³/mol. The van der Waals surface area contributed by atoms with Crippen molar-refractivity contribution >= 4 is 5.78 Å². The second kappa shape index (κ2) is 6.75. The zero-order valence-corrected chi connectivity index (χ0v) is 11.8. The van der Waals surface area contributed by atoms with Crippen LogP contribution in [0, 0.1) is 6.92 Å². The lowest BCUT2D eigenvalue weighted by Crippen LogP contribution is -2.11. The topological polar surface area (TPSA) is 35.5 Å². The van der Waals surface area contributed by atoms with Crippen LogP contribution in [0.5, 0.6) is 11.5 Å². The first-order chi connectivity index (χ1) is 9.69. The number of rotatable bonds is 6. The highest BCUT2D eigenvalue weighted by Gasteiger charge is 2.06. The third-order valence-corrected chi connectivity index (χ3v) is 2.88. The van der Waals surface area contributed by atoms with E-state index in [9.17, 15) is 4.79 Å². The van der Waals surface area contributed by atoms with Crippen molar-refractivity contribution < 1.29 is 14.3 Å². The predicted octanol–water partition coefficient (Wildman–Crippen LogP) is 3.66. The molecule has 0 aromatic heterocycles. The van der Waals surface area contributed by atoms with Crippen molar-refractivity contribution in [1.82, 2.24) is 0 Å². The lowest BCUT2D eigenvalue weighted by atomic mass is 10.1. The Morgan fingerprint density at radius 2 is 1.45 bits per heavy atom. The summed E-state index contributed by atoms with van der Waals surface area (Å²) in [6.07, 6.45) is 0. The smallest absolute Gasteiger partial charge is 0.200 e. The molecule has 3 nitrogen and oxygen atoms in total. The Kier molecular flexibility index (Phi) is 4.77. The Hall–Kier alpha value is -2.29. The molecule has 2 rings (SSSR count). The summed E-state index contributed by atoms with van der Waals surface area (Å²) in [5.74, 6) is 1.43. The molecular weight excluding hydrogens is 252 g/mol. The van der Waals surface area contributed by atoms with E-state index in [0.29, 0.717) is 17.9 Å². The van der Waals surface area contributed by atoms with E-state index >= 15 is 0 Å². The molecule has 0 amide bonds. The first-order valence-electron chi connectivity index (χ1n) is 6.64. The fourth-order valence-corrected chi connectivity index (χ4v) is 1.77. The van der Waals surface area contributed by atoms with E-state index in [1.807, 2.05) is 50.2 Å². The number of carbonyl (C=O) groups excluding carboxylic acids is 1. The summed E-state index contributed by atoms with van der Waals surface area (Å²) in [6.45, 7) is 4.60. The summed E-state index contributed by atoms with van der Waals surface area (Å²) in [6, 6.07) is 14.7. The Bertz CT molecular complexity index is 556. The van der Waals surface area contributed by atoms with Gasteiger partial charge in [-0.2, -0.15) is 0 Å². The monoisotopic (exact) mass is 270 g/mol. The summed E-state index contributed by atoms with van der Waals surface area (Å²) in [4.78, 5) is 11.9. The number of hydrogen-bond acceptors (Lipinski definition) is 3. The molecule has 0 aliphatic heterocycles. The van der Waals surface area contributed by atoms with Crippen molar-refractivity contribution in [2.24, 2.45) is 0 Å². The zero-order valence-electron chi connectivity index (χ0n) is 11.8. The molecule has 104 valence electrons. The Morgan fingerprint density at radius 1 is 0.900 bits per heavy atom. The van der Waals surface area contributed by atoms with Crippen molar-refractivity contribution in [2.75, 3.05) is 13.2 Å². The molecule has 0 N–H and O–H groups in total. The number of ether oxygens (including phenoxy) is 2. The first-order valence-corrected chi connectivity index (χ1v) is 6.64. The van der Waals surface area contributed by atoms with Crippen molar-refractivity contribution in [3.05, 3.63) is 59.7 Å². The molecule has 0 saturated heterocycles. The number of carbonyl (C=O) groups is 1. The lowest BCUT2D eigenvalue weighted by Gasteiger charge is -2.07. The molecule has 0 unspecified atom stereocenters. The average Bonchev–Trinajstić information content (AvgIpc) is 2.47. The van der Waals surface area contributed by atoms with Gasteiger partial charge in [-0.3, -0.25) is 4.79 Å². The van der Waals surface area contributed by atoms with Crippen LogP contribution in [0.2, 0.25) is 0 Å². The lowest BCUT2D eigenvalue weighted by molar-refractivity contribution is 0.0921. The van der Waals surface area contributed by atoms with Crippen molar-refractivity contribution in [3.63, 3.8) is 0 Å². The van der Waals surface area contributed by atoms with Crippen LogP contribution < -0.4 is 9.47 Å². The second-order valence-electron chi connectivity index (χ2n) is 4.48. The van der Waals surface area contributed by atoms with Crippen LogP contribution in [0.15, 0.2) is 48.5 Å². The maximum atomic E-state index is 11.9. The third-order valence-electron chi connectivity index (χ3n) is 2.88. The van der Waals surface area contributed by atoms with Crippen LogP contribution in [0.4, 0.5) is 0 Å². The summed E-state index contributed by atoms with van der Waals surface area (Å²) >= 11 is 0. The van der Waals surface area contributed by atoms with Gasteiger partial charge in [-0.25, -0.2) is 0 Å². The Labute approximate surface area is 119 Å². The van der Waals surface area contributed by atoms with Gasteiger partial charge in [-0.05, 0) is 38.1 Å². The second-order valence-corrected chi connectivity index (χ2v) is 4.48. The van der Waals surface area contributed by atoms with E-state index in [0.717, 1.165) is 11.3 Å². The van der Waals surface area contributed by atoms with Crippen LogP contribution in [0.1, 0.15) is 22.8 Å². The van der Waals surface area contributed by atoms with E-state index in [2.05, 4.69) is 0 Å². The van der Waals surface area contributed by atoms with Gasteiger partial charge in [0.15, 0.2) is 12.4 Å². The maximum absolute atomic E-state index is 11.9. The molecule has 0 heterocycles. The molecule has 0 spiro atoms. The Balaban J connectivity index is 1.91. The van der Waals surface area contributed by atoms with Crippen LogP contribution in [-0.2, 0) is 0 Å². The van der Waals surface area contributed by atoms with Crippen molar-refractivity contribution in [3.8, 4) is 11.5 Å². The zero-order chi connectivity index (χ0) is 14.4. The number of ketones is 1. The van der Waals surface area contributed by atoms with E-state index in [1.165, 1.54) is 0 Å². The van der Waals surface area contributed by atoms with Crippen LogP contribution in [0.3, 0.4) is 0 Å². The molecule has 20 heavy (non-hydrogen) atoms. The molecule has 0 saturated carbocycles. The number of aryl methyl sites for hydroxylation is 1. The molecule has 0 atom stereocenters. The highest BCUT2D eigenvalue weighted by Crippen LogP contribution is 2.17. The minimum atomic E-state index is -0.0288. The standard InChI is InChI=1S/C17H18O3/c1-3-19-15-8-10-16(11-9-15)20-12-17(18)14-6-4-13(2)5-7-14/h4-11H,3,12H2,1-2H3. The van der Waals surface area contributed by atoms with Gasteiger partial charge in [0.05, 0.1) is 6.61 Å². The molecule has 2 aromatic carbocycles. The SMILES string of the molecule is CCOc1ccc(OCC(=O)c2ccc(C)cc2)cc1. The van der Waals surface area contributed by atoms with Crippen LogP contribution in [-0.4, -0.2) is 19.0 Å². The van der Waals surface area contributed by atoms with Crippen LogP contribution in [0.25, 0.3) is 0 Å². The van der Waals surface area contributed by atoms with Gasteiger partial charge in [-0.1, -0.05) is 29.8 Å². The summed E-state index contributed by atoms with van der Waals surface area (Å²) in [7, 11) is 0. The number of hydrogen-bond donors (Lipinski definition) is 0. The summed E-state index contributed by atoms with van der Waals surface area (Å²) in [5.41, 5.74) is 1.80. The highest BCUT2D eigenvalue weighted by molar-refractivity contribution is 5.97. The fraction of sp³-hybridized carbons (Fsp3) is 0.235. The first kappa shape index (κ1) is 14.1. The molecule has 3 heteroatoms. The molecular formula is C17H18O3. The van der Waals surface area contributed by atoms with E-state index in [1.54, 1.807) is 12.1 Å². The fourth-order valence-electron chi connectivity index (χ4n) is 1.77. The van der Waals surface area contributed by atoms with E-state index in [4.69, 9.17) is 9.47 Å². The summed E-state index contributed by atoms with van der Waals surface area (Å²) in [5, 5.41) is 0. The molecule has 0 fully saturated rings. The van der Waals surface area contributed by atoms with Crippen LogP contribution >= 0.6 is 0 Å². The normalized spacial score (nSPS) is 10.1. The molecule has 0 aliphatic carbocycles. The van der Waals surface area contributed by atoms with Crippen molar-refractivity contribution in [1.29, 1.82) is 0 Å². The molecule has 0 aliphatic rings. The van der Waals surface area contributed by atoms with Gasteiger partial charge in [0.2, 0.25) is 0 Å². The maximum Gasteiger partial charge on any atom is 0.200 e. The number of Topliss-reactive ketones (excluding diaryl/α,β-unsaturated/α-hetero) is 1. The van der Waals surface area contributed by atoms with Gasteiger partial charge in [-0.15, -0.1) is 0 Å². The van der Waals surface area contributed by atoms with E-state index < -0.39 is 0 Å². The van der Waals surface area contributed by atoms with Gasteiger partial charge < -0.3 is 9.47 Å². The summed E-state index contributed by atoms with van der Waals surface area (Å²) < 4.78 is 10.8. The van der Waals surface area contributed by atoms with Gasteiger partial charge in [0.1, 0.15) is 11.5 Å². The van der Waals surface area contributed by atoms with Gasteiger partial charge in [0.25, 0.3) is 0 Å². The number of benzene rings is 2. The third kappa shape index (κ3) is 3.85.